The average molecular weight is 308 g/mol. The molecular weight excluding hydrogens is 295 g/mol. The zero-order chi connectivity index (χ0) is 14.9. The van der Waals surface area contributed by atoms with Crippen LogP contribution in [0.1, 0.15) is 12.0 Å². The zero-order valence-corrected chi connectivity index (χ0v) is 11.4. The number of hydrogen-bond acceptors (Lipinski definition) is 2. The SMILES string of the molecule is COc1cc(Cl)ccc1CNC(=O)[C@@H]1C[C@H]1C(F)(F)F. The van der Waals surface area contributed by atoms with Crippen LogP contribution in [0.25, 0.3) is 0 Å². The molecule has 0 spiro atoms. The first-order chi connectivity index (χ1) is 9.32. The van der Waals surface area contributed by atoms with E-state index >= 15 is 0 Å². The molecule has 1 saturated carbocycles. The van der Waals surface area contributed by atoms with Crippen LogP contribution in [-0.4, -0.2) is 19.2 Å². The van der Waals surface area contributed by atoms with Gasteiger partial charge in [0.1, 0.15) is 5.75 Å². The van der Waals surface area contributed by atoms with Crippen molar-refractivity contribution in [2.45, 2.75) is 19.1 Å². The minimum Gasteiger partial charge on any atom is -0.496 e. The van der Waals surface area contributed by atoms with Gasteiger partial charge >= 0.3 is 6.18 Å². The van der Waals surface area contributed by atoms with Gasteiger partial charge in [-0.15, -0.1) is 0 Å². The lowest BCUT2D eigenvalue weighted by molar-refractivity contribution is -0.154. The van der Waals surface area contributed by atoms with Gasteiger partial charge in [-0.3, -0.25) is 4.79 Å². The maximum Gasteiger partial charge on any atom is 0.392 e. The van der Waals surface area contributed by atoms with Crippen molar-refractivity contribution in [1.29, 1.82) is 0 Å². The number of rotatable bonds is 4. The number of benzene rings is 1. The van der Waals surface area contributed by atoms with Crippen molar-refractivity contribution in [3.63, 3.8) is 0 Å². The monoisotopic (exact) mass is 307 g/mol. The number of alkyl halides is 3. The molecule has 20 heavy (non-hydrogen) atoms. The first-order valence-electron chi connectivity index (χ1n) is 5.99. The number of ether oxygens (including phenoxy) is 1. The van der Waals surface area contributed by atoms with Gasteiger partial charge in [0.05, 0.1) is 18.9 Å². The summed E-state index contributed by atoms with van der Waals surface area (Å²) in [5.74, 6) is -2.56. The molecule has 1 aromatic rings. The molecule has 0 heterocycles. The van der Waals surface area contributed by atoms with Gasteiger partial charge in [-0.1, -0.05) is 17.7 Å². The van der Waals surface area contributed by atoms with E-state index in [4.69, 9.17) is 16.3 Å². The Kier molecular flexibility index (Phi) is 4.13. The molecule has 3 nitrogen and oxygen atoms in total. The molecule has 110 valence electrons. The fourth-order valence-electron chi connectivity index (χ4n) is 2.02. The third-order valence-corrected chi connectivity index (χ3v) is 3.48. The summed E-state index contributed by atoms with van der Waals surface area (Å²) < 4.78 is 42.2. The van der Waals surface area contributed by atoms with Crippen molar-refractivity contribution in [2.24, 2.45) is 11.8 Å². The van der Waals surface area contributed by atoms with Crippen LogP contribution in [0.15, 0.2) is 18.2 Å². The minimum absolute atomic E-state index is 0.111. The average Bonchev–Trinajstić information content (AvgIpc) is 3.16. The van der Waals surface area contributed by atoms with Crippen LogP contribution in [-0.2, 0) is 11.3 Å². The Labute approximate surface area is 119 Å². The molecule has 2 rings (SSSR count). The summed E-state index contributed by atoms with van der Waals surface area (Å²) in [6.07, 6.45) is -4.42. The highest BCUT2D eigenvalue weighted by atomic mass is 35.5. The number of carbonyl (C=O) groups excluding carboxylic acids is 1. The second kappa shape index (κ2) is 5.52. The number of amides is 1. The lowest BCUT2D eigenvalue weighted by atomic mass is 10.2. The highest BCUT2D eigenvalue weighted by Crippen LogP contribution is 2.50. The Morgan fingerprint density at radius 2 is 2.20 bits per heavy atom. The minimum atomic E-state index is -4.29. The van der Waals surface area contributed by atoms with E-state index in [1.165, 1.54) is 7.11 Å². The lowest BCUT2D eigenvalue weighted by Gasteiger charge is -2.10. The van der Waals surface area contributed by atoms with Gasteiger partial charge in [-0.05, 0) is 18.6 Å². The van der Waals surface area contributed by atoms with Crippen molar-refractivity contribution in [3.8, 4) is 5.75 Å². The van der Waals surface area contributed by atoms with Gasteiger partial charge < -0.3 is 10.1 Å². The van der Waals surface area contributed by atoms with Crippen LogP contribution in [0, 0.1) is 11.8 Å². The van der Waals surface area contributed by atoms with Crippen molar-refractivity contribution in [1.82, 2.24) is 5.32 Å². The van der Waals surface area contributed by atoms with E-state index in [2.05, 4.69) is 5.32 Å². The number of methoxy groups -OCH3 is 1. The van der Waals surface area contributed by atoms with E-state index in [-0.39, 0.29) is 13.0 Å². The van der Waals surface area contributed by atoms with Crippen molar-refractivity contribution in [3.05, 3.63) is 28.8 Å². The quantitative estimate of drug-likeness (QED) is 0.928. The number of hydrogen-bond donors (Lipinski definition) is 1. The summed E-state index contributed by atoms with van der Waals surface area (Å²) in [7, 11) is 1.46. The fourth-order valence-corrected chi connectivity index (χ4v) is 2.19. The van der Waals surface area contributed by atoms with Gasteiger partial charge in [-0.25, -0.2) is 0 Å². The Hall–Kier alpha value is -1.43. The molecule has 0 radical (unpaired) electrons. The molecule has 1 aliphatic carbocycles. The lowest BCUT2D eigenvalue weighted by Crippen LogP contribution is -2.27. The molecule has 0 unspecified atom stereocenters. The zero-order valence-electron chi connectivity index (χ0n) is 10.6. The molecule has 1 amide bonds. The standard InChI is InChI=1S/C13H13ClF3NO2/c1-20-11-4-8(14)3-2-7(11)6-18-12(19)9-5-10(9)13(15,16)17/h2-4,9-10H,5-6H2,1H3,(H,18,19)/t9-,10-/m1/s1. The molecular formula is C13H13ClF3NO2. The molecule has 0 aliphatic heterocycles. The topological polar surface area (TPSA) is 38.3 Å². The smallest absolute Gasteiger partial charge is 0.392 e. The van der Waals surface area contributed by atoms with Gasteiger partial charge in [0, 0.05) is 17.1 Å². The van der Waals surface area contributed by atoms with Crippen LogP contribution in [0.3, 0.4) is 0 Å². The van der Waals surface area contributed by atoms with Crippen LogP contribution >= 0.6 is 11.6 Å². The molecule has 1 aliphatic rings. The first kappa shape index (κ1) is 15.0. The Morgan fingerprint density at radius 3 is 2.75 bits per heavy atom. The van der Waals surface area contributed by atoms with Crippen molar-refractivity contribution < 1.29 is 22.7 Å². The van der Waals surface area contributed by atoms with Crippen LogP contribution in [0.2, 0.25) is 5.02 Å². The molecule has 1 aromatic carbocycles. The highest BCUT2D eigenvalue weighted by Gasteiger charge is 2.58. The maximum atomic E-state index is 12.4. The second-order valence-corrected chi connectivity index (χ2v) is 5.10. The molecule has 2 atom stereocenters. The molecule has 7 heteroatoms. The second-order valence-electron chi connectivity index (χ2n) is 4.66. The number of halogens is 4. The first-order valence-corrected chi connectivity index (χ1v) is 6.37. The van der Waals surface area contributed by atoms with Crippen molar-refractivity contribution >= 4 is 17.5 Å². The van der Waals surface area contributed by atoms with E-state index < -0.39 is 23.9 Å². The van der Waals surface area contributed by atoms with Gasteiger partial charge in [0.25, 0.3) is 0 Å². The predicted molar refractivity (Wildman–Crippen MR) is 67.5 cm³/mol. The summed E-state index contributed by atoms with van der Waals surface area (Å²) in [4.78, 5) is 11.6. The maximum absolute atomic E-state index is 12.4. The van der Waals surface area contributed by atoms with E-state index in [0.717, 1.165) is 0 Å². The molecule has 0 bridgehead atoms. The van der Waals surface area contributed by atoms with Crippen LogP contribution in [0.4, 0.5) is 13.2 Å². The summed E-state index contributed by atoms with van der Waals surface area (Å²) in [5, 5.41) is 2.98. The Morgan fingerprint density at radius 1 is 1.50 bits per heavy atom. The van der Waals surface area contributed by atoms with Gasteiger partial charge in [0.2, 0.25) is 5.91 Å². The fraction of sp³-hybridized carbons (Fsp3) is 0.462. The largest absolute Gasteiger partial charge is 0.496 e. The van der Waals surface area contributed by atoms with E-state index in [9.17, 15) is 18.0 Å². The van der Waals surface area contributed by atoms with E-state index in [0.29, 0.717) is 16.3 Å². The Balaban J connectivity index is 1.92. The van der Waals surface area contributed by atoms with Gasteiger partial charge in [0.15, 0.2) is 0 Å². The number of nitrogens with one attached hydrogen (secondary N) is 1. The van der Waals surface area contributed by atoms with Gasteiger partial charge in [-0.2, -0.15) is 13.2 Å². The Bertz CT molecular complexity index is 519. The van der Waals surface area contributed by atoms with E-state index in [1.54, 1.807) is 18.2 Å². The molecule has 1 N–H and O–H groups in total. The number of carbonyl (C=O) groups is 1. The summed E-state index contributed by atoms with van der Waals surface area (Å²) in [6, 6.07) is 4.87. The van der Waals surface area contributed by atoms with Crippen LogP contribution < -0.4 is 10.1 Å². The summed E-state index contributed by atoms with van der Waals surface area (Å²) >= 11 is 5.80. The molecule has 0 saturated heterocycles. The normalized spacial score (nSPS) is 21.4. The molecule has 1 fully saturated rings. The molecule has 0 aromatic heterocycles. The van der Waals surface area contributed by atoms with E-state index in [1.807, 2.05) is 0 Å². The highest BCUT2D eigenvalue weighted by molar-refractivity contribution is 6.30. The third kappa shape index (κ3) is 3.36. The summed E-state index contributed by atoms with van der Waals surface area (Å²) in [6.45, 7) is 0.111. The predicted octanol–water partition coefficient (Wildman–Crippen LogP) is 3.16. The summed E-state index contributed by atoms with van der Waals surface area (Å²) in [5.41, 5.74) is 0.662. The van der Waals surface area contributed by atoms with Crippen molar-refractivity contribution in [2.75, 3.05) is 7.11 Å². The third-order valence-electron chi connectivity index (χ3n) is 3.25. The van der Waals surface area contributed by atoms with Crippen LogP contribution in [0.5, 0.6) is 5.75 Å².